The van der Waals surface area contributed by atoms with Crippen molar-refractivity contribution in [1.29, 1.82) is 0 Å². The quantitative estimate of drug-likeness (QED) is 0.772. The highest BCUT2D eigenvalue weighted by molar-refractivity contribution is 5.74. The molecule has 1 heterocycles. The topological polar surface area (TPSA) is 70.1 Å². The van der Waals surface area contributed by atoms with Crippen LogP contribution in [0.4, 0.5) is 4.79 Å². The number of urea groups is 1. The van der Waals surface area contributed by atoms with Crippen molar-refractivity contribution < 1.29 is 19.4 Å². The number of likely N-dealkylation sites (tertiary alicyclic amines) is 1. The minimum absolute atomic E-state index is 0.0706. The predicted octanol–water partition coefficient (Wildman–Crippen LogP) is 1.65. The number of ether oxygens (including phenoxy) is 1. The molecule has 0 aromatic rings. The van der Waals surface area contributed by atoms with E-state index in [-0.39, 0.29) is 12.5 Å². The van der Waals surface area contributed by atoms with Gasteiger partial charge < -0.3 is 19.6 Å². The fourth-order valence-corrected chi connectivity index (χ4v) is 2.53. The number of nitrogens with zero attached hydrogens (tertiary/aromatic N) is 2. The third-order valence-corrected chi connectivity index (χ3v) is 3.87. The number of aliphatic carboxylic acids is 1. The van der Waals surface area contributed by atoms with Crippen molar-refractivity contribution in [3.8, 4) is 0 Å². The SMILES string of the molecule is CCN(CCOC)C(=O)N1CCC(CCC(=O)O)CC1. The van der Waals surface area contributed by atoms with E-state index < -0.39 is 5.97 Å². The van der Waals surface area contributed by atoms with Crippen LogP contribution in [-0.4, -0.2) is 66.8 Å². The van der Waals surface area contributed by atoms with E-state index >= 15 is 0 Å². The smallest absolute Gasteiger partial charge is 0.320 e. The molecule has 6 heteroatoms. The maximum Gasteiger partial charge on any atom is 0.320 e. The van der Waals surface area contributed by atoms with Crippen LogP contribution >= 0.6 is 0 Å². The van der Waals surface area contributed by atoms with E-state index in [4.69, 9.17) is 9.84 Å². The summed E-state index contributed by atoms with van der Waals surface area (Å²) in [6.45, 7) is 5.27. The van der Waals surface area contributed by atoms with Crippen LogP contribution in [0.15, 0.2) is 0 Å². The number of carbonyl (C=O) groups is 2. The van der Waals surface area contributed by atoms with Crippen LogP contribution < -0.4 is 0 Å². The highest BCUT2D eigenvalue weighted by Gasteiger charge is 2.25. The van der Waals surface area contributed by atoms with Crippen molar-refractivity contribution >= 4 is 12.0 Å². The number of piperidine rings is 1. The molecule has 1 aliphatic rings. The van der Waals surface area contributed by atoms with Gasteiger partial charge >= 0.3 is 12.0 Å². The van der Waals surface area contributed by atoms with Crippen molar-refractivity contribution in [2.45, 2.75) is 32.6 Å². The van der Waals surface area contributed by atoms with Gasteiger partial charge in [-0.3, -0.25) is 4.79 Å². The summed E-state index contributed by atoms with van der Waals surface area (Å²) < 4.78 is 5.02. The van der Waals surface area contributed by atoms with Gasteiger partial charge in [-0.15, -0.1) is 0 Å². The lowest BCUT2D eigenvalue weighted by molar-refractivity contribution is -0.137. The maximum atomic E-state index is 12.3. The lowest BCUT2D eigenvalue weighted by Gasteiger charge is -2.35. The fourth-order valence-electron chi connectivity index (χ4n) is 2.53. The van der Waals surface area contributed by atoms with Crippen molar-refractivity contribution in [1.82, 2.24) is 9.80 Å². The molecule has 0 atom stereocenters. The molecule has 6 nitrogen and oxygen atoms in total. The van der Waals surface area contributed by atoms with Crippen LogP contribution in [0.1, 0.15) is 32.6 Å². The first-order chi connectivity index (χ1) is 9.58. The molecule has 1 rings (SSSR count). The summed E-state index contributed by atoms with van der Waals surface area (Å²) in [5.41, 5.74) is 0. The number of carboxylic acid groups (broad SMARTS) is 1. The second kappa shape index (κ2) is 8.79. The summed E-state index contributed by atoms with van der Waals surface area (Å²) in [5.74, 6) is -0.301. The van der Waals surface area contributed by atoms with Crippen molar-refractivity contribution in [2.75, 3.05) is 39.9 Å². The molecule has 0 aliphatic carbocycles. The summed E-state index contributed by atoms with van der Waals surface area (Å²) in [7, 11) is 1.63. The minimum atomic E-state index is -0.736. The van der Waals surface area contributed by atoms with Crippen molar-refractivity contribution in [2.24, 2.45) is 5.92 Å². The Hall–Kier alpha value is -1.30. The summed E-state index contributed by atoms with van der Waals surface area (Å²) in [5, 5.41) is 8.69. The standard InChI is InChI=1S/C14H26N2O4/c1-3-15(10-11-20-2)14(19)16-8-6-12(7-9-16)4-5-13(17)18/h12H,3-11H2,1-2H3,(H,17,18). The van der Waals surface area contributed by atoms with E-state index in [1.54, 1.807) is 12.0 Å². The first kappa shape index (κ1) is 16.8. The monoisotopic (exact) mass is 286 g/mol. The van der Waals surface area contributed by atoms with Crippen LogP contribution in [0.25, 0.3) is 0 Å². The number of methoxy groups -OCH3 is 1. The largest absolute Gasteiger partial charge is 0.481 e. The zero-order valence-corrected chi connectivity index (χ0v) is 12.5. The Morgan fingerprint density at radius 3 is 2.50 bits per heavy atom. The molecule has 116 valence electrons. The van der Waals surface area contributed by atoms with Gasteiger partial charge in [0.2, 0.25) is 0 Å². The Morgan fingerprint density at radius 1 is 1.35 bits per heavy atom. The Balaban J connectivity index is 2.35. The molecule has 20 heavy (non-hydrogen) atoms. The molecule has 2 amide bonds. The Bertz CT molecular complexity index is 314. The molecular weight excluding hydrogens is 260 g/mol. The minimum Gasteiger partial charge on any atom is -0.481 e. The van der Waals surface area contributed by atoms with E-state index in [0.29, 0.717) is 25.6 Å². The van der Waals surface area contributed by atoms with E-state index in [2.05, 4.69) is 0 Å². The zero-order chi connectivity index (χ0) is 15.0. The van der Waals surface area contributed by atoms with Crippen molar-refractivity contribution in [3.63, 3.8) is 0 Å². The van der Waals surface area contributed by atoms with Crippen molar-refractivity contribution in [3.05, 3.63) is 0 Å². The average Bonchev–Trinajstić information content (AvgIpc) is 2.46. The Labute approximate surface area is 120 Å². The number of likely N-dealkylation sites (N-methyl/N-ethyl adjacent to an activating group) is 1. The lowest BCUT2D eigenvalue weighted by atomic mass is 9.92. The summed E-state index contributed by atoms with van der Waals surface area (Å²) in [6, 6.07) is 0.0706. The van der Waals surface area contributed by atoms with Gasteiger partial charge in [-0.25, -0.2) is 4.79 Å². The van der Waals surface area contributed by atoms with E-state index in [9.17, 15) is 9.59 Å². The van der Waals surface area contributed by atoms with Gasteiger partial charge in [-0.2, -0.15) is 0 Å². The summed E-state index contributed by atoms with van der Waals surface area (Å²) in [6.07, 6.45) is 2.76. The van der Waals surface area contributed by atoms with Gasteiger partial charge in [-0.05, 0) is 32.1 Å². The van der Waals surface area contributed by atoms with Crippen LogP contribution in [0, 0.1) is 5.92 Å². The summed E-state index contributed by atoms with van der Waals surface area (Å²) in [4.78, 5) is 26.5. The van der Waals surface area contributed by atoms with E-state index in [0.717, 1.165) is 32.4 Å². The van der Waals surface area contributed by atoms with Gasteiger partial charge in [0.25, 0.3) is 0 Å². The molecule has 0 aromatic heterocycles. The molecule has 1 fully saturated rings. The number of amides is 2. The number of rotatable bonds is 7. The van der Waals surface area contributed by atoms with Gasteiger partial charge in [0.15, 0.2) is 0 Å². The van der Waals surface area contributed by atoms with Gasteiger partial charge in [0.05, 0.1) is 6.61 Å². The highest BCUT2D eigenvalue weighted by atomic mass is 16.5. The summed E-state index contributed by atoms with van der Waals surface area (Å²) >= 11 is 0. The second-order valence-corrected chi connectivity index (χ2v) is 5.22. The second-order valence-electron chi connectivity index (χ2n) is 5.22. The molecule has 0 unspecified atom stereocenters. The molecular formula is C14H26N2O4. The van der Waals surface area contributed by atoms with E-state index in [1.807, 2.05) is 11.8 Å². The van der Waals surface area contributed by atoms with E-state index in [1.165, 1.54) is 0 Å². The fraction of sp³-hybridized carbons (Fsp3) is 0.857. The molecule has 1 N–H and O–H groups in total. The molecule has 1 saturated heterocycles. The van der Waals surface area contributed by atoms with Crippen LogP contribution in [0.3, 0.4) is 0 Å². The molecule has 0 aromatic carbocycles. The molecule has 0 bridgehead atoms. The van der Waals surface area contributed by atoms with Gasteiger partial charge in [0, 0.05) is 39.7 Å². The molecule has 0 spiro atoms. The third kappa shape index (κ3) is 5.36. The lowest BCUT2D eigenvalue weighted by Crippen LogP contribution is -2.47. The highest BCUT2D eigenvalue weighted by Crippen LogP contribution is 2.22. The average molecular weight is 286 g/mol. The van der Waals surface area contributed by atoms with Crippen LogP contribution in [0.5, 0.6) is 0 Å². The Morgan fingerprint density at radius 2 is 2.00 bits per heavy atom. The normalized spacial score (nSPS) is 16.2. The number of carbonyl (C=O) groups excluding carboxylic acids is 1. The predicted molar refractivity (Wildman–Crippen MR) is 75.7 cm³/mol. The molecule has 0 radical (unpaired) electrons. The van der Waals surface area contributed by atoms with Gasteiger partial charge in [0.1, 0.15) is 0 Å². The van der Waals surface area contributed by atoms with Gasteiger partial charge in [-0.1, -0.05) is 0 Å². The van der Waals surface area contributed by atoms with Crippen LogP contribution in [0.2, 0.25) is 0 Å². The zero-order valence-electron chi connectivity index (χ0n) is 12.5. The molecule has 1 aliphatic heterocycles. The van der Waals surface area contributed by atoms with Crippen LogP contribution in [-0.2, 0) is 9.53 Å². The molecule has 0 saturated carbocycles. The Kier molecular flexibility index (Phi) is 7.36. The number of carboxylic acids is 1. The maximum absolute atomic E-state index is 12.3. The number of hydrogen-bond donors (Lipinski definition) is 1. The number of hydrogen-bond acceptors (Lipinski definition) is 3. The first-order valence-electron chi connectivity index (χ1n) is 7.33. The third-order valence-electron chi connectivity index (χ3n) is 3.87. The first-order valence-corrected chi connectivity index (χ1v) is 7.33.